The summed E-state index contributed by atoms with van der Waals surface area (Å²) in [7, 11) is 0. The van der Waals surface area contributed by atoms with E-state index in [-0.39, 0.29) is 30.2 Å². The van der Waals surface area contributed by atoms with Crippen molar-refractivity contribution in [3.05, 3.63) is 92.4 Å². The highest BCUT2D eigenvalue weighted by Gasteiger charge is 2.33. The summed E-state index contributed by atoms with van der Waals surface area (Å²) in [5.74, 6) is -0.347. The van der Waals surface area contributed by atoms with Crippen LogP contribution in [0.15, 0.2) is 60.0 Å². The van der Waals surface area contributed by atoms with Gasteiger partial charge in [0, 0.05) is 37.6 Å². The number of halogens is 2. The molecule has 2 amide bonds. The van der Waals surface area contributed by atoms with Crippen LogP contribution in [0.2, 0.25) is 5.02 Å². The fourth-order valence-electron chi connectivity index (χ4n) is 4.84. The van der Waals surface area contributed by atoms with E-state index in [1.165, 1.54) is 10.9 Å². The van der Waals surface area contributed by atoms with E-state index in [0.29, 0.717) is 36.8 Å². The van der Waals surface area contributed by atoms with Gasteiger partial charge in [0.05, 0.1) is 23.2 Å². The summed E-state index contributed by atoms with van der Waals surface area (Å²) in [6.07, 6.45) is 0.881. The van der Waals surface area contributed by atoms with Crippen molar-refractivity contribution >= 4 is 34.8 Å². The Bertz CT molecular complexity index is 1210. The number of benzene rings is 2. The van der Waals surface area contributed by atoms with Crippen molar-refractivity contribution in [2.45, 2.75) is 12.5 Å². The molecule has 34 heavy (non-hydrogen) atoms. The van der Waals surface area contributed by atoms with Crippen molar-refractivity contribution < 1.29 is 14.0 Å². The molecule has 1 atom stereocenters. The highest BCUT2D eigenvalue weighted by molar-refractivity contribution is 7.10. The van der Waals surface area contributed by atoms with Crippen molar-refractivity contribution in [1.29, 1.82) is 0 Å². The molecule has 3 heterocycles. The van der Waals surface area contributed by atoms with Gasteiger partial charge in [-0.1, -0.05) is 35.9 Å². The fraction of sp³-hybridized carbons (Fsp3) is 0.308. The number of carbonyl (C=O) groups is 2. The van der Waals surface area contributed by atoms with Crippen LogP contribution >= 0.6 is 22.9 Å². The molecular weight excluding hydrogens is 473 g/mol. The Labute approximate surface area is 207 Å². The summed E-state index contributed by atoms with van der Waals surface area (Å²) >= 11 is 7.90. The van der Waals surface area contributed by atoms with Crippen LogP contribution in [-0.4, -0.2) is 65.8 Å². The van der Waals surface area contributed by atoms with Crippen LogP contribution in [0.25, 0.3) is 0 Å². The summed E-state index contributed by atoms with van der Waals surface area (Å²) < 4.78 is 14.0. The molecule has 0 saturated carbocycles. The van der Waals surface area contributed by atoms with Crippen LogP contribution in [0.3, 0.4) is 0 Å². The summed E-state index contributed by atoms with van der Waals surface area (Å²) in [5, 5.41) is 2.50. The maximum absolute atomic E-state index is 14.0. The van der Waals surface area contributed by atoms with Crippen molar-refractivity contribution in [2.75, 3.05) is 39.3 Å². The number of nitrogens with zero attached hydrogens (tertiary/aromatic N) is 3. The first-order chi connectivity index (χ1) is 16.5. The normalized spacial score (nSPS) is 18.6. The SMILES string of the molecule is O=C(CN1CCc2sccc2[C@@H]1c1cccc(F)c1)N1CCN(C(=O)c2ccccc2Cl)CC1. The Morgan fingerprint density at radius 1 is 0.971 bits per heavy atom. The maximum Gasteiger partial charge on any atom is 0.255 e. The highest BCUT2D eigenvalue weighted by atomic mass is 35.5. The summed E-state index contributed by atoms with van der Waals surface area (Å²) in [4.78, 5) is 33.1. The smallest absolute Gasteiger partial charge is 0.255 e. The van der Waals surface area contributed by atoms with Gasteiger partial charge in [-0.15, -0.1) is 11.3 Å². The summed E-state index contributed by atoms with van der Waals surface area (Å²) in [6, 6.07) is 15.6. The third kappa shape index (κ3) is 4.60. The molecule has 8 heteroatoms. The largest absolute Gasteiger partial charge is 0.338 e. The minimum absolute atomic E-state index is 0.0323. The number of carbonyl (C=O) groups excluding carboxylic acids is 2. The van der Waals surface area contributed by atoms with E-state index in [2.05, 4.69) is 16.3 Å². The predicted molar refractivity (Wildman–Crippen MR) is 132 cm³/mol. The molecule has 1 saturated heterocycles. The Hall–Kier alpha value is -2.74. The average Bonchev–Trinajstić information content (AvgIpc) is 3.33. The number of piperazine rings is 1. The van der Waals surface area contributed by atoms with Crippen LogP contribution < -0.4 is 0 Å². The minimum atomic E-state index is -0.273. The molecule has 1 aromatic heterocycles. The maximum atomic E-state index is 14.0. The topological polar surface area (TPSA) is 43.9 Å². The lowest BCUT2D eigenvalue weighted by atomic mass is 9.93. The molecule has 5 rings (SSSR count). The summed E-state index contributed by atoms with van der Waals surface area (Å²) in [6.45, 7) is 2.91. The molecule has 0 N–H and O–H groups in total. The Morgan fingerprint density at radius 2 is 1.74 bits per heavy atom. The first kappa shape index (κ1) is 23.0. The van der Waals surface area contributed by atoms with Gasteiger partial charge >= 0.3 is 0 Å². The standard InChI is InChI=1S/C26H25ClFN3O2S/c27-22-7-2-1-6-20(22)26(33)30-13-11-29(12-14-30)24(32)17-31-10-8-23-21(9-15-34-23)25(31)18-4-3-5-19(28)16-18/h1-7,9,15-16,25H,8,10-14,17H2/t25-/m0/s1. The molecule has 2 aliphatic heterocycles. The molecule has 3 aromatic rings. The number of amides is 2. The van der Waals surface area contributed by atoms with Crippen LogP contribution in [0, 0.1) is 5.82 Å². The van der Waals surface area contributed by atoms with E-state index in [0.717, 1.165) is 24.1 Å². The predicted octanol–water partition coefficient (Wildman–Crippen LogP) is 4.47. The number of hydrogen-bond acceptors (Lipinski definition) is 4. The van der Waals surface area contributed by atoms with Gasteiger partial charge in [-0.3, -0.25) is 14.5 Å². The Balaban J connectivity index is 1.26. The Morgan fingerprint density at radius 3 is 2.50 bits per heavy atom. The van der Waals surface area contributed by atoms with Gasteiger partial charge in [-0.2, -0.15) is 0 Å². The number of rotatable bonds is 4. The number of hydrogen-bond donors (Lipinski definition) is 0. The molecular formula is C26H25ClFN3O2S. The monoisotopic (exact) mass is 497 g/mol. The second kappa shape index (κ2) is 9.86. The average molecular weight is 498 g/mol. The van der Waals surface area contributed by atoms with Crippen LogP contribution in [0.4, 0.5) is 4.39 Å². The van der Waals surface area contributed by atoms with Crippen LogP contribution in [0.1, 0.15) is 32.4 Å². The summed E-state index contributed by atoms with van der Waals surface area (Å²) in [5.41, 5.74) is 2.51. The lowest BCUT2D eigenvalue weighted by Gasteiger charge is -2.39. The second-order valence-electron chi connectivity index (χ2n) is 8.63. The fourth-order valence-corrected chi connectivity index (χ4v) is 5.96. The quantitative estimate of drug-likeness (QED) is 0.534. The van der Waals surface area contributed by atoms with Gasteiger partial charge < -0.3 is 9.80 Å². The van der Waals surface area contributed by atoms with Crippen molar-refractivity contribution in [2.24, 2.45) is 0 Å². The zero-order valence-corrected chi connectivity index (χ0v) is 20.2. The van der Waals surface area contributed by atoms with Gasteiger partial charge in [0.15, 0.2) is 0 Å². The molecule has 176 valence electrons. The molecule has 2 aromatic carbocycles. The lowest BCUT2D eigenvalue weighted by molar-refractivity contribution is -0.134. The minimum Gasteiger partial charge on any atom is -0.338 e. The molecule has 0 aliphatic carbocycles. The molecule has 0 bridgehead atoms. The number of fused-ring (bicyclic) bond motifs is 1. The zero-order valence-electron chi connectivity index (χ0n) is 18.6. The van der Waals surface area contributed by atoms with Crippen molar-refractivity contribution in [3.8, 4) is 0 Å². The number of thiophene rings is 1. The van der Waals surface area contributed by atoms with E-state index < -0.39 is 0 Å². The first-order valence-electron chi connectivity index (χ1n) is 11.4. The molecule has 2 aliphatic rings. The van der Waals surface area contributed by atoms with Gasteiger partial charge in [0.25, 0.3) is 5.91 Å². The molecule has 5 nitrogen and oxygen atoms in total. The van der Waals surface area contributed by atoms with Gasteiger partial charge in [-0.25, -0.2) is 4.39 Å². The third-order valence-corrected chi connectivity index (χ3v) is 7.92. The van der Waals surface area contributed by atoms with Crippen molar-refractivity contribution in [1.82, 2.24) is 14.7 Å². The highest BCUT2D eigenvalue weighted by Crippen LogP contribution is 2.37. The first-order valence-corrected chi connectivity index (χ1v) is 12.6. The van der Waals surface area contributed by atoms with Gasteiger partial charge in [0.1, 0.15) is 5.82 Å². The van der Waals surface area contributed by atoms with E-state index in [9.17, 15) is 14.0 Å². The molecule has 0 unspecified atom stereocenters. The van der Waals surface area contributed by atoms with Crippen molar-refractivity contribution in [3.63, 3.8) is 0 Å². The lowest BCUT2D eigenvalue weighted by Crippen LogP contribution is -2.53. The Kier molecular flexibility index (Phi) is 6.68. The van der Waals surface area contributed by atoms with E-state index in [1.807, 2.05) is 11.0 Å². The second-order valence-corrected chi connectivity index (χ2v) is 10.0. The molecule has 0 spiro atoms. The molecule has 1 fully saturated rings. The van der Waals surface area contributed by atoms with E-state index in [4.69, 9.17) is 11.6 Å². The third-order valence-electron chi connectivity index (χ3n) is 6.59. The van der Waals surface area contributed by atoms with E-state index >= 15 is 0 Å². The van der Waals surface area contributed by atoms with Crippen LogP contribution in [-0.2, 0) is 11.2 Å². The van der Waals surface area contributed by atoms with Gasteiger partial charge in [-0.05, 0) is 53.3 Å². The van der Waals surface area contributed by atoms with Crippen LogP contribution in [0.5, 0.6) is 0 Å². The van der Waals surface area contributed by atoms with E-state index in [1.54, 1.807) is 52.6 Å². The zero-order chi connectivity index (χ0) is 23.7. The van der Waals surface area contributed by atoms with Gasteiger partial charge in [0.2, 0.25) is 5.91 Å². The molecule has 0 radical (unpaired) electrons.